The van der Waals surface area contributed by atoms with E-state index < -0.39 is 0 Å². The van der Waals surface area contributed by atoms with Gasteiger partial charge in [-0.2, -0.15) is 0 Å². The molecule has 2 aromatic carbocycles. The van der Waals surface area contributed by atoms with Gasteiger partial charge in [-0.25, -0.2) is 0 Å². The molecule has 130 valence electrons. The summed E-state index contributed by atoms with van der Waals surface area (Å²) in [5, 5.41) is 5.21. The average molecular weight is 353 g/mol. The Morgan fingerprint density at radius 2 is 1.88 bits per heavy atom. The summed E-state index contributed by atoms with van der Waals surface area (Å²) in [4.78, 5) is 15.6. The molecule has 0 aliphatic carbocycles. The molecular weight excluding hydrogens is 328 g/mol. The maximum absolute atomic E-state index is 13.1. The minimum Gasteiger partial charge on any atom is -0.383 e. The number of hydrogen-bond donors (Lipinski definition) is 1. The Morgan fingerprint density at radius 1 is 1.08 bits per heavy atom. The molecule has 4 heteroatoms. The minimum atomic E-state index is 0.147. The molecule has 0 atom stereocenters. The third-order valence-electron chi connectivity index (χ3n) is 5.12. The van der Waals surface area contributed by atoms with Gasteiger partial charge >= 0.3 is 0 Å². The van der Waals surface area contributed by atoms with Crippen molar-refractivity contribution in [2.24, 2.45) is 0 Å². The number of nitrogens with one attached hydrogen (secondary N) is 1. The molecule has 0 radical (unpaired) electrons. The number of rotatable bonds is 4. The third-order valence-corrected chi connectivity index (χ3v) is 6.42. The zero-order valence-corrected chi connectivity index (χ0v) is 15.5. The normalized spacial score (nSPS) is 15.7. The summed E-state index contributed by atoms with van der Waals surface area (Å²) in [5.74, 6) is 0. The topological polar surface area (TPSA) is 32.3 Å². The molecule has 3 aromatic rings. The van der Waals surface area contributed by atoms with Gasteiger partial charge < -0.3 is 10.2 Å². The lowest BCUT2D eigenvalue weighted by atomic mass is 10.1. The second kappa shape index (κ2) is 7.14. The lowest BCUT2D eigenvalue weighted by molar-refractivity contribution is 0.237. The number of piperidine rings is 1. The highest BCUT2D eigenvalue weighted by molar-refractivity contribution is 7.24. The summed E-state index contributed by atoms with van der Waals surface area (Å²) >= 11 is 1.72. The van der Waals surface area contributed by atoms with Crippen LogP contribution in [0, 0.1) is 6.92 Å². The van der Waals surface area contributed by atoms with Crippen LogP contribution < -0.4 is 10.7 Å². The fourth-order valence-electron chi connectivity index (χ4n) is 3.71. The first-order valence-electron chi connectivity index (χ1n) is 9.15. The number of hydrogen-bond acceptors (Lipinski definition) is 4. The van der Waals surface area contributed by atoms with Crippen LogP contribution in [-0.2, 0) is 0 Å². The molecule has 1 N–H and O–H groups in total. The van der Waals surface area contributed by atoms with Crippen molar-refractivity contribution in [2.75, 3.05) is 31.5 Å². The van der Waals surface area contributed by atoms with Crippen molar-refractivity contribution >= 4 is 37.2 Å². The Morgan fingerprint density at radius 3 is 2.72 bits per heavy atom. The van der Waals surface area contributed by atoms with Crippen LogP contribution in [0.3, 0.4) is 0 Å². The fraction of sp³-hybridized carbons (Fsp3) is 0.381. The van der Waals surface area contributed by atoms with Gasteiger partial charge in [-0.1, -0.05) is 24.6 Å². The molecule has 3 nitrogen and oxygen atoms in total. The summed E-state index contributed by atoms with van der Waals surface area (Å²) < 4.78 is 2.17. The predicted molar refractivity (Wildman–Crippen MR) is 109 cm³/mol. The highest BCUT2D eigenvalue weighted by atomic mass is 32.1. The van der Waals surface area contributed by atoms with E-state index in [4.69, 9.17) is 0 Å². The van der Waals surface area contributed by atoms with Crippen molar-refractivity contribution < 1.29 is 0 Å². The second-order valence-corrected chi connectivity index (χ2v) is 7.94. The number of anilines is 1. The molecule has 1 aliphatic heterocycles. The monoisotopic (exact) mass is 352 g/mol. The molecule has 0 amide bonds. The molecule has 0 spiro atoms. The lowest BCUT2D eigenvalue weighted by Crippen LogP contribution is -2.33. The van der Waals surface area contributed by atoms with Gasteiger partial charge in [0.05, 0.1) is 5.39 Å². The van der Waals surface area contributed by atoms with Gasteiger partial charge in [0.2, 0.25) is 0 Å². The molecule has 1 aromatic heterocycles. The van der Waals surface area contributed by atoms with E-state index in [1.54, 1.807) is 11.3 Å². The van der Waals surface area contributed by atoms with E-state index in [1.807, 2.05) is 24.3 Å². The Hall–Kier alpha value is -1.91. The zero-order valence-electron chi connectivity index (χ0n) is 14.7. The largest absolute Gasteiger partial charge is 0.383 e. The van der Waals surface area contributed by atoms with Gasteiger partial charge in [0, 0.05) is 33.6 Å². The summed E-state index contributed by atoms with van der Waals surface area (Å²) in [5.41, 5.74) is 2.29. The molecule has 2 heterocycles. The van der Waals surface area contributed by atoms with E-state index in [-0.39, 0.29) is 5.43 Å². The Labute approximate surface area is 152 Å². The van der Waals surface area contributed by atoms with Crippen molar-refractivity contribution in [1.82, 2.24) is 4.90 Å². The molecule has 0 bridgehead atoms. The summed E-state index contributed by atoms with van der Waals surface area (Å²) in [7, 11) is 0. The van der Waals surface area contributed by atoms with Crippen LogP contribution in [0.15, 0.2) is 41.2 Å². The second-order valence-electron chi connectivity index (χ2n) is 6.89. The molecular formula is C21H24N2OS. The molecule has 1 saturated heterocycles. The van der Waals surface area contributed by atoms with Gasteiger partial charge in [-0.3, -0.25) is 4.79 Å². The highest BCUT2D eigenvalue weighted by Crippen LogP contribution is 2.31. The van der Waals surface area contributed by atoms with Crippen molar-refractivity contribution in [2.45, 2.75) is 26.2 Å². The maximum atomic E-state index is 13.1. The van der Waals surface area contributed by atoms with E-state index in [9.17, 15) is 4.79 Å². The Balaban J connectivity index is 1.67. The SMILES string of the molecule is Cc1ccc(NCCN2CCCCC2)c2c(=O)c3ccccc3sc12. The van der Waals surface area contributed by atoms with Gasteiger partial charge in [0.1, 0.15) is 0 Å². The van der Waals surface area contributed by atoms with E-state index in [0.29, 0.717) is 0 Å². The lowest BCUT2D eigenvalue weighted by Gasteiger charge is -2.26. The van der Waals surface area contributed by atoms with E-state index in [0.717, 1.165) is 38.9 Å². The first-order chi connectivity index (χ1) is 12.2. The quantitative estimate of drug-likeness (QED) is 0.695. The standard InChI is InChI=1S/C21H24N2OS/c1-15-9-10-17(22-11-14-23-12-5-2-6-13-23)19-20(24)16-7-3-4-8-18(16)25-21(15)19/h3-4,7-10,22H,2,5-6,11-14H2,1H3. The van der Waals surface area contributed by atoms with E-state index in [2.05, 4.69) is 29.3 Å². The van der Waals surface area contributed by atoms with Crippen LogP contribution in [0.5, 0.6) is 0 Å². The Kier molecular flexibility index (Phi) is 4.73. The van der Waals surface area contributed by atoms with Crippen LogP contribution in [0.1, 0.15) is 24.8 Å². The van der Waals surface area contributed by atoms with Crippen molar-refractivity contribution in [3.05, 3.63) is 52.2 Å². The van der Waals surface area contributed by atoms with E-state index in [1.165, 1.54) is 37.9 Å². The number of nitrogens with zero attached hydrogens (tertiary/aromatic N) is 1. The van der Waals surface area contributed by atoms with Crippen LogP contribution in [0.2, 0.25) is 0 Å². The van der Waals surface area contributed by atoms with E-state index >= 15 is 0 Å². The number of likely N-dealkylation sites (tertiary alicyclic amines) is 1. The van der Waals surface area contributed by atoms with Crippen molar-refractivity contribution in [3.8, 4) is 0 Å². The van der Waals surface area contributed by atoms with Gasteiger partial charge in [0.25, 0.3) is 0 Å². The summed E-state index contributed by atoms with van der Waals surface area (Å²) in [6.07, 6.45) is 3.98. The van der Waals surface area contributed by atoms with Crippen LogP contribution in [0.25, 0.3) is 20.2 Å². The molecule has 1 aliphatic rings. The van der Waals surface area contributed by atoms with Gasteiger partial charge in [-0.05, 0) is 56.6 Å². The molecule has 0 saturated carbocycles. The zero-order chi connectivity index (χ0) is 17.2. The van der Waals surface area contributed by atoms with Gasteiger partial charge in [0.15, 0.2) is 5.43 Å². The summed E-state index contributed by atoms with van der Waals surface area (Å²) in [6, 6.07) is 12.1. The molecule has 1 fully saturated rings. The maximum Gasteiger partial charge on any atom is 0.197 e. The molecule has 4 rings (SSSR count). The van der Waals surface area contributed by atoms with Gasteiger partial charge in [-0.15, -0.1) is 11.3 Å². The van der Waals surface area contributed by atoms with Crippen LogP contribution >= 0.6 is 11.3 Å². The molecule has 0 unspecified atom stereocenters. The first kappa shape index (κ1) is 16.6. The van der Waals surface area contributed by atoms with Crippen LogP contribution in [0.4, 0.5) is 5.69 Å². The number of aryl methyl sites for hydroxylation is 1. The Bertz CT molecular complexity index is 957. The van der Waals surface area contributed by atoms with Crippen molar-refractivity contribution in [1.29, 1.82) is 0 Å². The third kappa shape index (κ3) is 3.29. The smallest absolute Gasteiger partial charge is 0.197 e. The van der Waals surface area contributed by atoms with Crippen molar-refractivity contribution in [3.63, 3.8) is 0 Å². The fourth-order valence-corrected chi connectivity index (χ4v) is 4.88. The first-order valence-corrected chi connectivity index (χ1v) is 9.97. The highest BCUT2D eigenvalue weighted by Gasteiger charge is 2.13. The van der Waals surface area contributed by atoms with Crippen LogP contribution in [-0.4, -0.2) is 31.1 Å². The molecule has 25 heavy (non-hydrogen) atoms. The average Bonchev–Trinajstić information content (AvgIpc) is 2.65. The number of benzene rings is 2. The minimum absolute atomic E-state index is 0.147. The number of fused-ring (bicyclic) bond motifs is 2. The predicted octanol–water partition coefficient (Wildman–Crippen LogP) is 4.62. The summed E-state index contributed by atoms with van der Waals surface area (Å²) in [6.45, 7) is 6.42.